The summed E-state index contributed by atoms with van der Waals surface area (Å²) in [5.41, 5.74) is 1.96. The van der Waals surface area contributed by atoms with Crippen molar-refractivity contribution < 1.29 is 21.6 Å². The minimum atomic E-state index is -3.84. The normalized spacial score (nSPS) is 17.3. The van der Waals surface area contributed by atoms with Crippen LogP contribution in [0.4, 0.5) is 5.69 Å². The van der Waals surface area contributed by atoms with Gasteiger partial charge in [-0.3, -0.25) is 9.10 Å². The van der Waals surface area contributed by atoms with Gasteiger partial charge < -0.3 is 4.90 Å². The number of piperazine rings is 1. The summed E-state index contributed by atoms with van der Waals surface area (Å²) in [6.45, 7) is 1.12. The molecular weight excluding hydrogens is 464 g/mol. The molecule has 0 N–H and O–H groups in total. The minimum absolute atomic E-state index is 0.0302. The van der Waals surface area contributed by atoms with Crippen molar-refractivity contribution in [3.63, 3.8) is 0 Å². The molecule has 0 saturated carbocycles. The summed E-state index contributed by atoms with van der Waals surface area (Å²) in [6, 6.07) is 13.0. The van der Waals surface area contributed by atoms with E-state index in [2.05, 4.69) is 0 Å². The van der Waals surface area contributed by atoms with Gasteiger partial charge >= 0.3 is 0 Å². The van der Waals surface area contributed by atoms with Crippen molar-refractivity contribution >= 4 is 31.6 Å². The van der Waals surface area contributed by atoms with Crippen LogP contribution in [0.25, 0.3) is 0 Å². The summed E-state index contributed by atoms with van der Waals surface area (Å²) < 4.78 is 52.8. The highest BCUT2D eigenvalue weighted by atomic mass is 32.2. The Labute approximate surface area is 193 Å². The molecule has 2 aliphatic heterocycles. The summed E-state index contributed by atoms with van der Waals surface area (Å²) in [4.78, 5) is 14.6. The highest BCUT2D eigenvalue weighted by molar-refractivity contribution is 7.92. The molecular formula is C22H24N4O5S2. The molecule has 33 heavy (non-hydrogen) atoms. The Kier molecular flexibility index (Phi) is 6.18. The second kappa shape index (κ2) is 8.78. The standard InChI is InChI=1S/C22H24N4O5S2/c1-32(28,29)26-10-4-6-17-15-18(8-9-20(17)26)22(27)24-11-13-25(14-12-24)33(30,31)21-7-3-2-5-19(21)16-23/h2-3,5,7-9,15H,4,6,10-14H2,1H3. The van der Waals surface area contributed by atoms with E-state index in [1.54, 1.807) is 35.2 Å². The number of carbonyl (C=O) groups excluding carboxylic acids is 1. The maximum atomic E-state index is 13.1. The van der Waals surface area contributed by atoms with E-state index in [1.807, 2.05) is 6.07 Å². The lowest BCUT2D eigenvalue weighted by molar-refractivity contribution is 0.0698. The lowest BCUT2D eigenvalue weighted by atomic mass is 10.00. The molecule has 9 nitrogen and oxygen atoms in total. The summed E-state index contributed by atoms with van der Waals surface area (Å²) in [5.74, 6) is -0.219. The fourth-order valence-electron chi connectivity index (χ4n) is 4.28. The molecule has 0 unspecified atom stereocenters. The summed E-state index contributed by atoms with van der Waals surface area (Å²) >= 11 is 0. The van der Waals surface area contributed by atoms with Crippen LogP contribution in [0.2, 0.25) is 0 Å². The Balaban J connectivity index is 1.49. The number of carbonyl (C=O) groups is 1. The van der Waals surface area contributed by atoms with Crippen LogP contribution in [-0.4, -0.2) is 70.9 Å². The zero-order valence-corrected chi connectivity index (χ0v) is 19.8. The maximum absolute atomic E-state index is 13.1. The average molecular weight is 489 g/mol. The number of nitriles is 1. The number of benzene rings is 2. The Bertz CT molecular complexity index is 1340. The van der Waals surface area contributed by atoms with Gasteiger partial charge in [0.1, 0.15) is 6.07 Å². The molecule has 1 fully saturated rings. The molecule has 0 aromatic heterocycles. The molecule has 11 heteroatoms. The highest BCUT2D eigenvalue weighted by Gasteiger charge is 2.32. The predicted molar refractivity (Wildman–Crippen MR) is 123 cm³/mol. The van der Waals surface area contributed by atoms with E-state index in [0.29, 0.717) is 30.6 Å². The third-order valence-corrected chi connectivity index (χ3v) is 9.09. The molecule has 1 saturated heterocycles. The van der Waals surface area contributed by atoms with Gasteiger partial charge in [-0.15, -0.1) is 0 Å². The van der Waals surface area contributed by atoms with Crippen LogP contribution in [0, 0.1) is 11.3 Å². The largest absolute Gasteiger partial charge is 0.336 e. The number of anilines is 1. The van der Waals surface area contributed by atoms with Crippen LogP contribution < -0.4 is 4.31 Å². The second-order valence-corrected chi connectivity index (χ2v) is 11.9. The Morgan fingerprint density at radius 1 is 0.970 bits per heavy atom. The van der Waals surface area contributed by atoms with Gasteiger partial charge in [0.2, 0.25) is 20.0 Å². The topological polar surface area (TPSA) is 119 Å². The molecule has 4 rings (SSSR count). The molecule has 2 aliphatic rings. The van der Waals surface area contributed by atoms with Gasteiger partial charge in [-0.25, -0.2) is 16.8 Å². The van der Waals surface area contributed by atoms with E-state index >= 15 is 0 Å². The molecule has 174 valence electrons. The van der Waals surface area contributed by atoms with E-state index in [0.717, 1.165) is 5.56 Å². The molecule has 0 bridgehead atoms. The second-order valence-electron chi connectivity index (χ2n) is 8.09. The molecule has 2 aromatic rings. The van der Waals surface area contributed by atoms with Gasteiger partial charge in [0, 0.05) is 38.3 Å². The van der Waals surface area contributed by atoms with E-state index in [9.17, 15) is 26.9 Å². The first kappa shape index (κ1) is 23.2. The Morgan fingerprint density at radius 2 is 1.67 bits per heavy atom. The molecule has 0 atom stereocenters. The van der Waals surface area contributed by atoms with Crippen molar-refractivity contribution in [2.45, 2.75) is 17.7 Å². The van der Waals surface area contributed by atoms with Crippen LogP contribution in [0.5, 0.6) is 0 Å². The van der Waals surface area contributed by atoms with Crippen molar-refractivity contribution in [3.8, 4) is 6.07 Å². The smallest absolute Gasteiger partial charge is 0.253 e. The number of nitrogens with zero attached hydrogens (tertiary/aromatic N) is 4. The van der Waals surface area contributed by atoms with Crippen LogP contribution in [0.3, 0.4) is 0 Å². The van der Waals surface area contributed by atoms with Crippen molar-refractivity contribution in [2.75, 3.05) is 43.3 Å². The first-order chi connectivity index (χ1) is 15.6. The summed E-state index contributed by atoms with van der Waals surface area (Å²) in [7, 11) is -7.23. The summed E-state index contributed by atoms with van der Waals surface area (Å²) in [6.07, 6.45) is 2.54. The third-order valence-electron chi connectivity index (χ3n) is 5.95. The van der Waals surface area contributed by atoms with Crippen LogP contribution in [0.15, 0.2) is 47.4 Å². The fourth-order valence-corrected chi connectivity index (χ4v) is 6.84. The Morgan fingerprint density at radius 3 is 2.33 bits per heavy atom. The van der Waals surface area contributed by atoms with E-state index in [1.165, 1.54) is 27.0 Å². The number of sulfonamides is 2. The molecule has 1 amide bonds. The fraction of sp³-hybridized carbons (Fsp3) is 0.364. The van der Waals surface area contributed by atoms with Gasteiger partial charge in [0.25, 0.3) is 5.91 Å². The molecule has 0 spiro atoms. The van der Waals surface area contributed by atoms with Crippen molar-refractivity contribution in [1.29, 1.82) is 5.26 Å². The predicted octanol–water partition coefficient (Wildman–Crippen LogP) is 1.42. The zero-order chi connectivity index (χ0) is 23.8. The minimum Gasteiger partial charge on any atom is -0.336 e. The number of hydrogen-bond donors (Lipinski definition) is 0. The molecule has 0 aliphatic carbocycles. The lowest BCUT2D eigenvalue weighted by Crippen LogP contribution is -2.50. The number of fused-ring (bicyclic) bond motifs is 1. The van der Waals surface area contributed by atoms with Gasteiger partial charge in [-0.05, 0) is 48.7 Å². The van der Waals surface area contributed by atoms with Crippen molar-refractivity contribution in [2.24, 2.45) is 0 Å². The average Bonchev–Trinajstić information content (AvgIpc) is 2.82. The lowest BCUT2D eigenvalue weighted by Gasteiger charge is -2.34. The highest BCUT2D eigenvalue weighted by Crippen LogP contribution is 2.30. The number of hydrogen-bond acceptors (Lipinski definition) is 6. The van der Waals surface area contributed by atoms with Gasteiger partial charge in [0.05, 0.1) is 22.4 Å². The van der Waals surface area contributed by atoms with Crippen LogP contribution >= 0.6 is 0 Å². The summed E-state index contributed by atoms with van der Waals surface area (Å²) in [5, 5.41) is 9.24. The first-order valence-corrected chi connectivity index (χ1v) is 13.8. The first-order valence-electron chi connectivity index (χ1n) is 10.5. The maximum Gasteiger partial charge on any atom is 0.253 e. The number of amides is 1. The molecule has 2 heterocycles. The van der Waals surface area contributed by atoms with E-state index < -0.39 is 20.0 Å². The molecule has 0 radical (unpaired) electrons. The van der Waals surface area contributed by atoms with E-state index in [4.69, 9.17) is 0 Å². The van der Waals surface area contributed by atoms with E-state index in [-0.39, 0.29) is 42.5 Å². The van der Waals surface area contributed by atoms with Gasteiger partial charge in [-0.2, -0.15) is 9.57 Å². The SMILES string of the molecule is CS(=O)(=O)N1CCCc2cc(C(=O)N3CCN(S(=O)(=O)c4ccccc4C#N)CC3)ccc21. The van der Waals surface area contributed by atoms with Crippen LogP contribution in [0.1, 0.15) is 27.9 Å². The zero-order valence-electron chi connectivity index (χ0n) is 18.1. The van der Waals surface area contributed by atoms with Crippen molar-refractivity contribution in [3.05, 3.63) is 59.2 Å². The Hall–Kier alpha value is -2.94. The number of rotatable bonds is 4. The monoisotopic (exact) mass is 488 g/mol. The van der Waals surface area contributed by atoms with Crippen LogP contribution in [-0.2, 0) is 26.5 Å². The van der Waals surface area contributed by atoms with Gasteiger partial charge in [0.15, 0.2) is 0 Å². The number of aryl methyl sites for hydroxylation is 1. The molecule has 2 aromatic carbocycles. The third kappa shape index (κ3) is 4.46. The van der Waals surface area contributed by atoms with Crippen molar-refractivity contribution in [1.82, 2.24) is 9.21 Å². The quantitative estimate of drug-likeness (QED) is 0.642. The van der Waals surface area contributed by atoms with Gasteiger partial charge in [-0.1, -0.05) is 12.1 Å².